The lowest BCUT2D eigenvalue weighted by atomic mass is 9.96. The highest BCUT2D eigenvalue weighted by atomic mass is 32.2. The second-order valence-corrected chi connectivity index (χ2v) is 8.90. The molecule has 0 saturated carbocycles. The Morgan fingerprint density at radius 1 is 1.12 bits per heavy atom. The van der Waals surface area contributed by atoms with Crippen LogP contribution < -0.4 is 5.32 Å². The number of rotatable bonds is 4. The van der Waals surface area contributed by atoms with Crippen LogP contribution in [-0.4, -0.2) is 59.6 Å². The topological polar surface area (TPSA) is 18.5 Å². The Balaban J connectivity index is 1.40. The number of hydrogen-bond donors (Lipinski definition) is 1. The van der Waals surface area contributed by atoms with Crippen LogP contribution in [0.25, 0.3) is 0 Å². The van der Waals surface area contributed by atoms with Gasteiger partial charge in [-0.05, 0) is 56.3 Å². The molecule has 3 heterocycles. The van der Waals surface area contributed by atoms with Gasteiger partial charge in [-0.1, -0.05) is 12.1 Å². The Labute approximate surface area is 151 Å². The van der Waals surface area contributed by atoms with Gasteiger partial charge in [-0.25, -0.2) is 0 Å². The van der Waals surface area contributed by atoms with Gasteiger partial charge in [-0.2, -0.15) is 11.8 Å². The second kappa shape index (κ2) is 7.67. The van der Waals surface area contributed by atoms with Crippen molar-refractivity contribution in [3.05, 3.63) is 29.3 Å². The Kier molecular flexibility index (Phi) is 5.35. The number of fused-ring (bicyclic) bond motifs is 1. The van der Waals surface area contributed by atoms with Gasteiger partial charge in [0.25, 0.3) is 0 Å². The summed E-state index contributed by atoms with van der Waals surface area (Å²) >= 11 is 2.09. The van der Waals surface area contributed by atoms with Crippen molar-refractivity contribution in [1.29, 1.82) is 0 Å². The lowest BCUT2D eigenvalue weighted by Crippen LogP contribution is -2.42. The van der Waals surface area contributed by atoms with E-state index in [0.717, 1.165) is 12.6 Å². The fourth-order valence-electron chi connectivity index (χ4n) is 4.59. The molecule has 132 valence electrons. The second-order valence-electron chi connectivity index (χ2n) is 7.68. The zero-order valence-electron chi connectivity index (χ0n) is 15.0. The van der Waals surface area contributed by atoms with Crippen molar-refractivity contribution in [3.63, 3.8) is 0 Å². The molecule has 0 aliphatic carbocycles. The van der Waals surface area contributed by atoms with Crippen LogP contribution in [-0.2, 0) is 6.54 Å². The highest BCUT2D eigenvalue weighted by Gasteiger charge is 2.31. The van der Waals surface area contributed by atoms with Crippen molar-refractivity contribution < 1.29 is 0 Å². The van der Waals surface area contributed by atoms with E-state index in [9.17, 15) is 0 Å². The smallest absolute Gasteiger partial charge is 0.0375 e. The van der Waals surface area contributed by atoms with Crippen LogP contribution in [0.2, 0.25) is 0 Å². The number of benzene rings is 1. The number of thioether (sulfide) groups is 1. The van der Waals surface area contributed by atoms with Crippen molar-refractivity contribution in [3.8, 4) is 0 Å². The largest absolute Gasteiger partial charge is 0.382 e. The van der Waals surface area contributed by atoms with Crippen LogP contribution in [0.4, 0.5) is 5.69 Å². The van der Waals surface area contributed by atoms with Crippen LogP contribution in [0.5, 0.6) is 0 Å². The van der Waals surface area contributed by atoms with E-state index < -0.39 is 0 Å². The van der Waals surface area contributed by atoms with Gasteiger partial charge < -0.3 is 10.2 Å². The molecule has 24 heavy (non-hydrogen) atoms. The molecule has 3 aliphatic heterocycles. The maximum absolute atomic E-state index is 3.89. The molecular formula is C20H31N3S. The quantitative estimate of drug-likeness (QED) is 0.898. The maximum atomic E-state index is 3.89. The highest BCUT2D eigenvalue weighted by molar-refractivity contribution is 7.99. The van der Waals surface area contributed by atoms with Crippen molar-refractivity contribution in [2.24, 2.45) is 0 Å². The highest BCUT2D eigenvalue weighted by Crippen LogP contribution is 2.30. The average molecular weight is 346 g/mol. The molecule has 1 aromatic rings. The normalized spacial score (nSPS) is 28.7. The molecule has 1 aromatic carbocycles. The molecule has 4 heteroatoms. The summed E-state index contributed by atoms with van der Waals surface area (Å²) in [5.74, 6) is 2.58. The Hall–Kier alpha value is -0.710. The van der Waals surface area contributed by atoms with E-state index in [2.05, 4.69) is 52.0 Å². The first-order chi connectivity index (χ1) is 11.8. The molecule has 3 fully saturated rings. The first-order valence-electron chi connectivity index (χ1n) is 9.69. The molecule has 0 spiro atoms. The predicted molar refractivity (Wildman–Crippen MR) is 105 cm³/mol. The maximum Gasteiger partial charge on any atom is 0.0375 e. The van der Waals surface area contributed by atoms with Crippen molar-refractivity contribution >= 4 is 17.4 Å². The molecule has 0 aromatic heterocycles. The van der Waals surface area contributed by atoms with Gasteiger partial charge in [0.2, 0.25) is 0 Å². The molecule has 3 saturated heterocycles. The van der Waals surface area contributed by atoms with E-state index in [1.807, 2.05) is 0 Å². The van der Waals surface area contributed by atoms with E-state index in [1.165, 1.54) is 80.2 Å². The van der Waals surface area contributed by atoms with Gasteiger partial charge in [0.15, 0.2) is 0 Å². The van der Waals surface area contributed by atoms with Gasteiger partial charge >= 0.3 is 0 Å². The monoisotopic (exact) mass is 345 g/mol. The third-order valence-electron chi connectivity index (χ3n) is 6.12. The molecule has 1 N–H and O–H groups in total. The minimum absolute atomic E-state index is 0.657. The summed E-state index contributed by atoms with van der Waals surface area (Å²) in [7, 11) is 0. The fourth-order valence-corrected chi connectivity index (χ4v) is 5.57. The molecule has 3 aliphatic rings. The predicted octanol–water partition coefficient (Wildman–Crippen LogP) is 3.58. The SMILES string of the molecule is Cc1c(CN2CCSCC2)cccc1N[C@H]1CCN2CCC[C@@H]2C1. The summed E-state index contributed by atoms with van der Waals surface area (Å²) in [6.45, 7) is 8.51. The first kappa shape index (κ1) is 16.7. The third kappa shape index (κ3) is 3.76. The van der Waals surface area contributed by atoms with E-state index in [0.29, 0.717) is 6.04 Å². The van der Waals surface area contributed by atoms with Crippen molar-refractivity contribution in [2.45, 2.75) is 51.2 Å². The number of piperidine rings is 1. The van der Waals surface area contributed by atoms with Gasteiger partial charge in [0, 0.05) is 55.5 Å². The van der Waals surface area contributed by atoms with E-state index in [4.69, 9.17) is 0 Å². The lowest BCUT2D eigenvalue weighted by Gasteiger charge is -2.36. The molecule has 0 amide bonds. The summed E-state index contributed by atoms with van der Waals surface area (Å²) in [6, 6.07) is 8.34. The third-order valence-corrected chi connectivity index (χ3v) is 7.07. The van der Waals surface area contributed by atoms with E-state index in [1.54, 1.807) is 0 Å². The zero-order chi connectivity index (χ0) is 16.4. The summed E-state index contributed by atoms with van der Waals surface area (Å²) in [6.07, 6.45) is 5.43. The molecule has 0 radical (unpaired) electrons. The molecular weight excluding hydrogens is 314 g/mol. The van der Waals surface area contributed by atoms with E-state index in [-0.39, 0.29) is 0 Å². The van der Waals surface area contributed by atoms with Crippen LogP contribution in [0.15, 0.2) is 18.2 Å². The van der Waals surface area contributed by atoms with Crippen LogP contribution in [0.3, 0.4) is 0 Å². The zero-order valence-corrected chi connectivity index (χ0v) is 15.8. The van der Waals surface area contributed by atoms with Crippen molar-refractivity contribution in [2.75, 3.05) is 43.0 Å². The summed E-state index contributed by atoms with van der Waals surface area (Å²) in [4.78, 5) is 5.31. The Bertz CT molecular complexity index is 556. The Morgan fingerprint density at radius 3 is 2.88 bits per heavy atom. The Morgan fingerprint density at radius 2 is 2.00 bits per heavy atom. The summed E-state index contributed by atoms with van der Waals surface area (Å²) < 4.78 is 0. The fraction of sp³-hybridized carbons (Fsp3) is 0.700. The minimum Gasteiger partial charge on any atom is -0.382 e. The minimum atomic E-state index is 0.657. The van der Waals surface area contributed by atoms with Crippen molar-refractivity contribution in [1.82, 2.24) is 9.80 Å². The molecule has 2 atom stereocenters. The van der Waals surface area contributed by atoms with Gasteiger partial charge in [0.05, 0.1) is 0 Å². The van der Waals surface area contributed by atoms with Gasteiger partial charge in [-0.3, -0.25) is 4.90 Å². The number of nitrogens with zero attached hydrogens (tertiary/aromatic N) is 2. The number of anilines is 1. The molecule has 4 rings (SSSR count). The summed E-state index contributed by atoms with van der Waals surface area (Å²) in [5, 5.41) is 3.89. The molecule has 0 unspecified atom stereocenters. The van der Waals surface area contributed by atoms with Crippen LogP contribution in [0.1, 0.15) is 36.8 Å². The first-order valence-corrected chi connectivity index (χ1v) is 10.8. The standard InChI is InChI=1S/C20H31N3S/c1-16-17(15-22-10-12-24-13-11-22)4-2-6-20(16)21-18-7-9-23-8-3-5-19(23)14-18/h2,4,6,18-19,21H,3,5,7-15H2,1H3/t18-,19+/m0/s1. The number of nitrogens with one attached hydrogen (secondary N) is 1. The lowest BCUT2D eigenvalue weighted by molar-refractivity contribution is 0.188. The van der Waals surface area contributed by atoms with Crippen LogP contribution >= 0.6 is 11.8 Å². The average Bonchev–Trinajstić information content (AvgIpc) is 3.07. The molecule has 3 nitrogen and oxygen atoms in total. The van der Waals surface area contributed by atoms with E-state index >= 15 is 0 Å². The van der Waals surface area contributed by atoms with Gasteiger partial charge in [-0.15, -0.1) is 0 Å². The van der Waals surface area contributed by atoms with Crippen LogP contribution in [0, 0.1) is 6.92 Å². The summed E-state index contributed by atoms with van der Waals surface area (Å²) in [5.41, 5.74) is 4.34. The van der Waals surface area contributed by atoms with Gasteiger partial charge in [0.1, 0.15) is 0 Å². The molecule has 0 bridgehead atoms. The number of hydrogen-bond acceptors (Lipinski definition) is 4.